The molecule has 0 aromatic carbocycles. The number of hydrogen-bond acceptors (Lipinski definition) is 4. The molecule has 1 unspecified atom stereocenters. The van der Waals surface area contributed by atoms with Gasteiger partial charge in [0.2, 0.25) is 14.8 Å². The third-order valence-corrected chi connectivity index (χ3v) is 6.32. The van der Waals surface area contributed by atoms with E-state index in [1.165, 1.54) is 6.92 Å². The summed E-state index contributed by atoms with van der Waals surface area (Å²) < 4.78 is 23.7. The first-order valence-electron chi connectivity index (χ1n) is 6.52. The number of nitrogens with one attached hydrogen (secondary N) is 1. The van der Waals surface area contributed by atoms with Crippen LogP contribution in [0.5, 0.6) is 0 Å². The minimum atomic E-state index is -3.06. The van der Waals surface area contributed by atoms with Gasteiger partial charge in [-0.15, -0.1) is 0 Å². The quantitative estimate of drug-likeness (QED) is 0.496. The van der Waals surface area contributed by atoms with Crippen LogP contribution in [0.2, 0.25) is 0 Å². The van der Waals surface area contributed by atoms with Gasteiger partial charge in [-0.2, -0.15) is 0 Å². The predicted molar refractivity (Wildman–Crippen MR) is 78.2 cm³/mol. The van der Waals surface area contributed by atoms with Crippen LogP contribution in [0.1, 0.15) is 46.5 Å². The summed E-state index contributed by atoms with van der Waals surface area (Å²) in [4.78, 5) is 10.6. The molecule has 0 bridgehead atoms. The molecule has 0 aromatic rings. The molecule has 0 saturated carbocycles. The molecule has 108 valence electrons. The smallest absolute Gasteiger partial charge is 0.216 e. The highest BCUT2D eigenvalue weighted by molar-refractivity contribution is 8.72. The zero-order valence-electron chi connectivity index (χ0n) is 11.6. The Balaban J connectivity index is 4.00. The van der Waals surface area contributed by atoms with Gasteiger partial charge in [0, 0.05) is 19.2 Å². The van der Waals surface area contributed by atoms with Crippen LogP contribution in [0.25, 0.3) is 0 Å². The van der Waals surface area contributed by atoms with E-state index >= 15 is 0 Å². The Morgan fingerprint density at radius 2 is 2.00 bits per heavy atom. The second kappa shape index (κ2) is 9.67. The average molecular weight is 295 g/mol. The molecule has 0 heterocycles. The van der Waals surface area contributed by atoms with E-state index in [2.05, 4.69) is 12.2 Å². The van der Waals surface area contributed by atoms with E-state index in [9.17, 15) is 13.2 Å². The maximum atomic E-state index is 11.9. The minimum absolute atomic E-state index is 0.123. The number of carbonyl (C=O) groups is 1. The van der Waals surface area contributed by atoms with Crippen molar-refractivity contribution in [1.29, 1.82) is 0 Å². The number of unbranched alkanes of at least 4 members (excludes halogenated alkanes) is 1. The van der Waals surface area contributed by atoms with Crippen LogP contribution < -0.4 is 5.32 Å². The Kier molecular flexibility index (Phi) is 9.54. The fourth-order valence-electron chi connectivity index (χ4n) is 1.63. The van der Waals surface area contributed by atoms with E-state index in [0.29, 0.717) is 12.3 Å². The first kappa shape index (κ1) is 17.8. The molecule has 0 spiro atoms. The molecule has 0 aliphatic rings. The monoisotopic (exact) mass is 295 g/mol. The molecule has 0 aromatic heterocycles. The standard InChI is InChI=1S/C12H25NO3S2/c1-4-6-7-12(5-2)10-18(15,16)17-9-8-13-11(3)14/h12H,4-10H2,1-3H3,(H,13,14). The number of rotatable bonds is 10. The summed E-state index contributed by atoms with van der Waals surface area (Å²) in [5.74, 6) is 0.825. The molecule has 0 aliphatic carbocycles. The minimum Gasteiger partial charge on any atom is -0.355 e. The summed E-state index contributed by atoms with van der Waals surface area (Å²) in [6.07, 6.45) is 4.08. The largest absolute Gasteiger partial charge is 0.355 e. The molecule has 1 N–H and O–H groups in total. The molecule has 4 nitrogen and oxygen atoms in total. The van der Waals surface area contributed by atoms with Crippen molar-refractivity contribution >= 4 is 25.6 Å². The van der Waals surface area contributed by atoms with Crippen LogP contribution in [-0.4, -0.2) is 32.4 Å². The van der Waals surface area contributed by atoms with Gasteiger partial charge in [0.25, 0.3) is 0 Å². The van der Waals surface area contributed by atoms with Gasteiger partial charge in [0.15, 0.2) is 0 Å². The molecule has 0 radical (unpaired) electrons. The predicted octanol–water partition coefficient (Wildman–Crippen LogP) is 2.40. The van der Waals surface area contributed by atoms with Gasteiger partial charge in [0.1, 0.15) is 0 Å². The van der Waals surface area contributed by atoms with Crippen LogP contribution in [0.15, 0.2) is 0 Å². The van der Waals surface area contributed by atoms with Crippen molar-refractivity contribution in [3.8, 4) is 0 Å². The molecule has 6 heteroatoms. The van der Waals surface area contributed by atoms with Crippen LogP contribution in [0.4, 0.5) is 0 Å². The fourth-order valence-corrected chi connectivity index (χ4v) is 5.02. The lowest BCUT2D eigenvalue weighted by Crippen LogP contribution is -2.23. The number of carbonyl (C=O) groups excluding carboxylic acids is 1. The summed E-state index contributed by atoms with van der Waals surface area (Å²) in [6, 6.07) is 0. The first-order chi connectivity index (χ1) is 8.41. The third kappa shape index (κ3) is 9.76. The van der Waals surface area contributed by atoms with Gasteiger partial charge >= 0.3 is 0 Å². The Labute approximate surface area is 115 Å². The summed E-state index contributed by atoms with van der Waals surface area (Å²) >= 11 is 0. The van der Waals surface area contributed by atoms with Crippen molar-refractivity contribution in [2.75, 3.05) is 18.1 Å². The Bertz CT molecular complexity index is 328. The maximum Gasteiger partial charge on any atom is 0.216 e. The average Bonchev–Trinajstić information content (AvgIpc) is 2.30. The van der Waals surface area contributed by atoms with Crippen molar-refractivity contribution in [3.05, 3.63) is 0 Å². The van der Waals surface area contributed by atoms with Crippen molar-refractivity contribution in [2.24, 2.45) is 5.92 Å². The number of amides is 1. The first-order valence-corrected chi connectivity index (χ1v) is 9.68. The highest BCUT2D eigenvalue weighted by atomic mass is 33.1. The molecular formula is C12H25NO3S2. The number of hydrogen-bond donors (Lipinski definition) is 1. The second-order valence-electron chi connectivity index (χ2n) is 4.45. The van der Waals surface area contributed by atoms with Crippen LogP contribution in [0, 0.1) is 5.92 Å². The van der Waals surface area contributed by atoms with Crippen LogP contribution in [0.3, 0.4) is 0 Å². The SMILES string of the molecule is CCCCC(CC)CS(=O)(=O)SCCNC(C)=O. The molecule has 1 amide bonds. The lowest BCUT2D eigenvalue weighted by Gasteiger charge is -2.14. The Morgan fingerprint density at radius 3 is 2.50 bits per heavy atom. The molecule has 0 saturated heterocycles. The molecule has 1 atom stereocenters. The van der Waals surface area contributed by atoms with Crippen molar-refractivity contribution in [1.82, 2.24) is 5.32 Å². The van der Waals surface area contributed by atoms with Crippen molar-refractivity contribution < 1.29 is 13.2 Å². The van der Waals surface area contributed by atoms with E-state index in [-0.39, 0.29) is 17.6 Å². The lowest BCUT2D eigenvalue weighted by molar-refractivity contribution is -0.118. The molecule has 0 aliphatic heterocycles. The highest BCUT2D eigenvalue weighted by Crippen LogP contribution is 2.21. The van der Waals surface area contributed by atoms with Gasteiger partial charge in [0.05, 0.1) is 5.75 Å². The maximum absolute atomic E-state index is 11.9. The summed E-state index contributed by atoms with van der Waals surface area (Å²) in [6.45, 7) is 5.99. The zero-order valence-corrected chi connectivity index (χ0v) is 13.2. The van der Waals surface area contributed by atoms with Gasteiger partial charge in [-0.3, -0.25) is 4.79 Å². The van der Waals surface area contributed by atoms with E-state index in [1.54, 1.807) is 0 Å². The van der Waals surface area contributed by atoms with E-state index in [1.807, 2.05) is 6.92 Å². The van der Waals surface area contributed by atoms with Crippen LogP contribution in [-0.2, 0) is 13.7 Å². The fraction of sp³-hybridized carbons (Fsp3) is 0.917. The Hall–Kier alpha value is -0.230. The Morgan fingerprint density at radius 1 is 1.33 bits per heavy atom. The third-order valence-electron chi connectivity index (χ3n) is 2.72. The second-order valence-corrected chi connectivity index (χ2v) is 8.77. The molecular weight excluding hydrogens is 270 g/mol. The van der Waals surface area contributed by atoms with Crippen LogP contribution >= 0.6 is 10.8 Å². The van der Waals surface area contributed by atoms with Gasteiger partial charge in [-0.1, -0.05) is 33.1 Å². The highest BCUT2D eigenvalue weighted by Gasteiger charge is 2.18. The van der Waals surface area contributed by atoms with E-state index in [4.69, 9.17) is 0 Å². The normalized spacial score (nSPS) is 13.3. The van der Waals surface area contributed by atoms with Gasteiger partial charge in [-0.05, 0) is 23.1 Å². The van der Waals surface area contributed by atoms with Gasteiger partial charge < -0.3 is 5.32 Å². The topological polar surface area (TPSA) is 63.2 Å². The summed E-state index contributed by atoms with van der Waals surface area (Å²) in [5, 5.41) is 2.60. The van der Waals surface area contributed by atoms with Gasteiger partial charge in [-0.25, -0.2) is 8.42 Å². The lowest BCUT2D eigenvalue weighted by atomic mass is 10.0. The summed E-state index contributed by atoms with van der Waals surface area (Å²) in [5.41, 5.74) is 0. The van der Waals surface area contributed by atoms with E-state index < -0.39 is 8.87 Å². The van der Waals surface area contributed by atoms with Crippen molar-refractivity contribution in [3.63, 3.8) is 0 Å². The summed E-state index contributed by atoms with van der Waals surface area (Å²) in [7, 11) is -2.10. The van der Waals surface area contributed by atoms with Crippen molar-refractivity contribution in [2.45, 2.75) is 46.5 Å². The molecule has 18 heavy (non-hydrogen) atoms. The zero-order chi connectivity index (χ0) is 14.0. The molecule has 0 fully saturated rings. The molecule has 0 rings (SSSR count). The van der Waals surface area contributed by atoms with E-state index in [0.717, 1.165) is 36.5 Å².